The smallest absolute Gasteiger partial charge is 0.303 e. The van der Waals surface area contributed by atoms with E-state index in [9.17, 15) is 14.7 Å². The minimum atomic E-state index is -0.374. The number of esters is 1. The van der Waals surface area contributed by atoms with Crippen LogP contribution in [0.3, 0.4) is 0 Å². The first-order valence-electron chi connectivity index (χ1n) is 11.9. The normalized spacial score (nSPS) is 54.3. The molecule has 5 rings (SSSR count). The van der Waals surface area contributed by atoms with E-state index in [1.807, 2.05) is 13.0 Å². The molecule has 1 aliphatic heterocycles. The maximum Gasteiger partial charge on any atom is 0.303 e. The Morgan fingerprint density at radius 3 is 2.57 bits per heavy atom. The summed E-state index contributed by atoms with van der Waals surface area (Å²) in [5.41, 5.74) is 0.511. The number of rotatable bonds is 3. The molecule has 1 N–H and O–H groups in total. The highest BCUT2D eigenvalue weighted by atomic mass is 16.7. The van der Waals surface area contributed by atoms with Crippen molar-refractivity contribution in [3.8, 4) is 0 Å². The predicted molar refractivity (Wildman–Crippen MR) is 111 cm³/mol. The fraction of sp³-hybridized carbons (Fsp3) is 0.840. The third-order valence-electron chi connectivity index (χ3n) is 10.2. The van der Waals surface area contributed by atoms with E-state index in [2.05, 4.69) is 13.8 Å². The van der Waals surface area contributed by atoms with Gasteiger partial charge in [0.05, 0.1) is 6.10 Å². The number of fused-ring (bicyclic) bond motifs is 3. The second kappa shape index (κ2) is 6.65. The summed E-state index contributed by atoms with van der Waals surface area (Å²) in [7, 11) is 0. The van der Waals surface area contributed by atoms with Crippen molar-refractivity contribution in [1.29, 1.82) is 0 Å². The van der Waals surface area contributed by atoms with Gasteiger partial charge in [0.15, 0.2) is 0 Å². The Hall–Kier alpha value is -1.20. The van der Waals surface area contributed by atoms with Crippen molar-refractivity contribution in [1.82, 2.24) is 0 Å². The van der Waals surface area contributed by atoms with Crippen LogP contribution in [0.15, 0.2) is 11.6 Å². The molecule has 1 saturated heterocycles. The lowest BCUT2D eigenvalue weighted by molar-refractivity contribution is -0.162. The second-order valence-electron chi connectivity index (χ2n) is 11.2. The number of allylic oxidation sites excluding steroid dienone is 1. The van der Waals surface area contributed by atoms with Gasteiger partial charge in [-0.15, -0.1) is 0 Å². The van der Waals surface area contributed by atoms with E-state index < -0.39 is 0 Å². The minimum Gasteiger partial charge on any atom is -0.459 e. The first-order valence-corrected chi connectivity index (χ1v) is 11.9. The summed E-state index contributed by atoms with van der Waals surface area (Å²) in [6.07, 6.45) is 9.50. The fourth-order valence-electron chi connectivity index (χ4n) is 8.87. The molecule has 1 unspecified atom stereocenters. The Bertz CT molecular complexity index is 790. The Morgan fingerprint density at radius 1 is 1.13 bits per heavy atom. The molecular formula is C25H36O5. The molecule has 0 amide bonds. The van der Waals surface area contributed by atoms with Crippen molar-refractivity contribution < 1.29 is 24.2 Å². The third kappa shape index (κ3) is 2.42. The summed E-state index contributed by atoms with van der Waals surface area (Å²) in [4.78, 5) is 23.9. The standard InChI is InChI=1S/C25H36O5/c1-5-15(13-26)20-21(29-14(2)27)22-25(30-22)19-7-6-16-12-17(28)8-10-23(16,3)18(19)9-11-24(20,25)4/h5,13,16-22,28H,6-12H2,1-4H3/b15-5+/t16-,17+,18+,19-,20+,21-,22?,23+,24-,25-/m1/s1. The molecule has 30 heavy (non-hydrogen) atoms. The summed E-state index contributed by atoms with van der Waals surface area (Å²) in [6, 6.07) is 0. The van der Waals surface area contributed by atoms with Gasteiger partial charge in [-0.2, -0.15) is 0 Å². The van der Waals surface area contributed by atoms with E-state index in [0.717, 1.165) is 56.8 Å². The van der Waals surface area contributed by atoms with Gasteiger partial charge in [0.25, 0.3) is 0 Å². The Balaban J connectivity index is 1.54. The molecule has 0 aromatic rings. The number of ether oxygens (including phenoxy) is 2. The minimum absolute atomic E-state index is 0.0951. The SMILES string of the molecule is C/C=C(\C=O)[C@H]1[C@@H](OC(C)=O)C2O[C@]23[C@@H]2CC[C@@H]4C[C@@H](O)CC[C@]4(C)[C@H]2CC[C@]13C. The van der Waals surface area contributed by atoms with Crippen LogP contribution in [0.5, 0.6) is 0 Å². The van der Waals surface area contributed by atoms with Crippen LogP contribution in [-0.4, -0.2) is 41.3 Å². The van der Waals surface area contributed by atoms with Crippen molar-refractivity contribution in [3.63, 3.8) is 0 Å². The maximum atomic E-state index is 12.0. The summed E-state index contributed by atoms with van der Waals surface area (Å²) in [6.45, 7) is 8.09. The largest absolute Gasteiger partial charge is 0.459 e. The first-order chi connectivity index (χ1) is 14.2. The summed E-state index contributed by atoms with van der Waals surface area (Å²) >= 11 is 0. The van der Waals surface area contributed by atoms with Crippen LogP contribution < -0.4 is 0 Å². The van der Waals surface area contributed by atoms with Crippen molar-refractivity contribution in [2.45, 2.75) is 96.6 Å². The van der Waals surface area contributed by atoms with Crippen molar-refractivity contribution in [2.24, 2.45) is 34.5 Å². The molecule has 5 nitrogen and oxygen atoms in total. The van der Waals surface area contributed by atoms with Crippen LogP contribution in [0, 0.1) is 34.5 Å². The van der Waals surface area contributed by atoms with Gasteiger partial charge < -0.3 is 14.6 Å². The van der Waals surface area contributed by atoms with Crippen molar-refractivity contribution >= 4 is 12.3 Å². The Morgan fingerprint density at radius 2 is 1.90 bits per heavy atom. The summed E-state index contributed by atoms with van der Waals surface area (Å²) < 4.78 is 12.4. The van der Waals surface area contributed by atoms with Crippen molar-refractivity contribution in [3.05, 3.63) is 11.6 Å². The Labute approximate surface area is 179 Å². The molecule has 1 spiro atoms. The molecule has 5 heteroatoms. The zero-order valence-corrected chi connectivity index (χ0v) is 18.7. The van der Waals surface area contributed by atoms with Crippen LogP contribution in [0.2, 0.25) is 0 Å². The number of epoxide rings is 1. The Kier molecular flexibility index (Phi) is 4.59. The molecular weight excluding hydrogens is 380 g/mol. The predicted octanol–water partition coefficient (Wildman–Crippen LogP) is 3.82. The second-order valence-corrected chi connectivity index (χ2v) is 11.2. The summed E-state index contributed by atoms with van der Waals surface area (Å²) in [5, 5.41) is 10.3. The number of aldehydes is 1. The lowest BCUT2D eigenvalue weighted by atomic mass is 9.44. The van der Waals surface area contributed by atoms with Gasteiger partial charge >= 0.3 is 5.97 Å². The van der Waals surface area contributed by atoms with Gasteiger partial charge in [-0.1, -0.05) is 19.9 Å². The average Bonchev–Trinajstić information content (AvgIpc) is 3.40. The van der Waals surface area contributed by atoms with Gasteiger partial charge in [-0.05, 0) is 80.6 Å². The lowest BCUT2D eigenvalue weighted by Gasteiger charge is -2.61. The molecule has 0 bridgehead atoms. The quantitative estimate of drug-likeness (QED) is 0.328. The highest BCUT2D eigenvalue weighted by Crippen LogP contribution is 2.77. The molecule has 0 aromatic carbocycles. The first kappa shape index (κ1) is 20.7. The molecule has 4 aliphatic carbocycles. The van der Waals surface area contributed by atoms with Gasteiger partial charge in [-0.25, -0.2) is 0 Å². The van der Waals surface area contributed by atoms with Crippen LogP contribution in [0.1, 0.15) is 72.6 Å². The zero-order valence-electron chi connectivity index (χ0n) is 18.7. The highest BCUT2D eigenvalue weighted by Gasteiger charge is 2.84. The third-order valence-corrected chi connectivity index (χ3v) is 10.2. The monoisotopic (exact) mass is 416 g/mol. The zero-order chi connectivity index (χ0) is 21.5. The maximum absolute atomic E-state index is 12.0. The lowest BCUT2D eigenvalue weighted by Crippen LogP contribution is -2.58. The van der Waals surface area contributed by atoms with Crippen LogP contribution >= 0.6 is 0 Å². The number of carbonyl (C=O) groups excluding carboxylic acids is 2. The molecule has 4 saturated carbocycles. The number of hydrogen-bond donors (Lipinski definition) is 1. The molecule has 0 radical (unpaired) electrons. The average molecular weight is 417 g/mol. The molecule has 166 valence electrons. The van der Waals surface area contributed by atoms with E-state index in [4.69, 9.17) is 9.47 Å². The number of carbonyl (C=O) groups is 2. The van der Waals surface area contributed by atoms with E-state index in [-0.39, 0.29) is 46.6 Å². The van der Waals surface area contributed by atoms with E-state index in [0.29, 0.717) is 17.8 Å². The summed E-state index contributed by atoms with van der Waals surface area (Å²) in [5.74, 6) is 1.20. The van der Waals surface area contributed by atoms with E-state index in [1.54, 1.807) is 0 Å². The number of aliphatic hydroxyl groups is 1. The van der Waals surface area contributed by atoms with Crippen LogP contribution in [-0.2, 0) is 19.1 Å². The number of aliphatic hydroxyl groups excluding tert-OH is 1. The van der Waals surface area contributed by atoms with E-state index in [1.165, 1.54) is 6.92 Å². The molecule has 0 aromatic heterocycles. The fourth-order valence-corrected chi connectivity index (χ4v) is 8.87. The van der Waals surface area contributed by atoms with Gasteiger partial charge in [0.2, 0.25) is 0 Å². The van der Waals surface area contributed by atoms with Gasteiger partial charge in [0, 0.05) is 18.3 Å². The van der Waals surface area contributed by atoms with Gasteiger partial charge in [-0.3, -0.25) is 9.59 Å². The van der Waals surface area contributed by atoms with Crippen LogP contribution in [0.25, 0.3) is 0 Å². The van der Waals surface area contributed by atoms with E-state index >= 15 is 0 Å². The molecule has 5 fully saturated rings. The van der Waals surface area contributed by atoms with Crippen molar-refractivity contribution in [2.75, 3.05) is 0 Å². The molecule has 5 aliphatic rings. The molecule has 10 atom stereocenters. The number of hydrogen-bond acceptors (Lipinski definition) is 5. The molecule has 1 heterocycles. The van der Waals surface area contributed by atoms with Gasteiger partial charge in [0.1, 0.15) is 24.1 Å². The topological polar surface area (TPSA) is 76.1 Å². The van der Waals surface area contributed by atoms with Crippen LogP contribution in [0.4, 0.5) is 0 Å². The highest BCUT2D eigenvalue weighted by molar-refractivity contribution is 5.75.